The second-order valence-electron chi connectivity index (χ2n) is 5.61. The summed E-state index contributed by atoms with van der Waals surface area (Å²) in [5.41, 5.74) is 0.192. The summed E-state index contributed by atoms with van der Waals surface area (Å²) in [6.45, 7) is 0.656. The zero-order valence-electron chi connectivity index (χ0n) is 13.0. The van der Waals surface area contributed by atoms with E-state index in [0.717, 1.165) is 0 Å². The minimum atomic E-state index is -4.76. The summed E-state index contributed by atoms with van der Waals surface area (Å²) in [4.78, 5) is 15.2. The number of sulfonamides is 1. The second-order valence-corrected chi connectivity index (χ2v) is 7.38. The number of amides is 1. The van der Waals surface area contributed by atoms with Crippen molar-refractivity contribution in [2.45, 2.75) is 6.18 Å². The highest BCUT2D eigenvalue weighted by Crippen LogP contribution is 2.29. The van der Waals surface area contributed by atoms with E-state index in [1.807, 2.05) is 4.72 Å². The highest BCUT2D eigenvalue weighted by Gasteiger charge is 2.38. The summed E-state index contributed by atoms with van der Waals surface area (Å²) in [7, 11) is -3.81. The van der Waals surface area contributed by atoms with E-state index < -0.39 is 28.0 Å². The predicted octanol–water partition coefficient (Wildman–Crippen LogP) is 1.46. The largest absolute Gasteiger partial charge is 0.471 e. The predicted molar refractivity (Wildman–Crippen MR) is 80.3 cm³/mol. The number of nitrogens with one attached hydrogen (secondary N) is 1. The molecule has 2 aromatic rings. The Kier molecular flexibility index (Phi) is 4.71. The fourth-order valence-electron chi connectivity index (χ4n) is 2.16. The number of carbonyl (C=O) groups is 1. The number of aromatic nitrogens is 2. The maximum absolute atomic E-state index is 12.5. The first-order valence-corrected chi connectivity index (χ1v) is 8.93. The number of hydrogen-bond donors (Lipinski definition) is 1. The Balaban J connectivity index is 1.68. The molecule has 1 N–H and O–H groups in total. The molecule has 1 aromatic carbocycles. The summed E-state index contributed by atoms with van der Waals surface area (Å²) < 4.78 is 72.0. The first-order chi connectivity index (χ1) is 12.1. The SMILES string of the molecule is O=C(NS(=O)(=O)CC1COC1)c1ccc(-c2noc(C(F)(F)F)n2)cc1. The summed E-state index contributed by atoms with van der Waals surface area (Å²) in [5.74, 6) is -3.01. The van der Waals surface area contributed by atoms with Crippen LogP contribution in [-0.4, -0.2) is 43.4 Å². The van der Waals surface area contributed by atoms with Crippen molar-refractivity contribution in [3.05, 3.63) is 35.7 Å². The third-order valence-corrected chi connectivity index (χ3v) is 4.89. The smallest absolute Gasteiger partial charge is 0.381 e. The van der Waals surface area contributed by atoms with Gasteiger partial charge in [0.25, 0.3) is 5.91 Å². The highest BCUT2D eigenvalue weighted by atomic mass is 32.2. The lowest BCUT2D eigenvalue weighted by Crippen LogP contribution is -2.40. The van der Waals surface area contributed by atoms with Crippen molar-refractivity contribution in [3.63, 3.8) is 0 Å². The van der Waals surface area contributed by atoms with Crippen LogP contribution in [-0.2, 0) is 20.9 Å². The number of benzene rings is 1. The Hall–Kier alpha value is -2.47. The van der Waals surface area contributed by atoms with Crippen LogP contribution in [0, 0.1) is 5.92 Å². The Labute approximate surface area is 145 Å². The molecule has 1 saturated heterocycles. The molecule has 3 rings (SSSR count). The van der Waals surface area contributed by atoms with Crippen LogP contribution in [0.2, 0.25) is 0 Å². The first-order valence-electron chi connectivity index (χ1n) is 7.28. The summed E-state index contributed by atoms with van der Waals surface area (Å²) in [6.07, 6.45) is -4.76. The average molecular weight is 391 g/mol. The van der Waals surface area contributed by atoms with Crippen LogP contribution < -0.4 is 4.72 Å². The van der Waals surface area contributed by atoms with Crippen LogP contribution in [0.3, 0.4) is 0 Å². The van der Waals surface area contributed by atoms with Gasteiger partial charge < -0.3 is 9.26 Å². The quantitative estimate of drug-likeness (QED) is 0.821. The molecule has 0 aliphatic carbocycles. The van der Waals surface area contributed by atoms with Crippen molar-refractivity contribution < 1.29 is 35.6 Å². The van der Waals surface area contributed by atoms with Crippen LogP contribution in [0.25, 0.3) is 11.4 Å². The van der Waals surface area contributed by atoms with Gasteiger partial charge in [0.05, 0.1) is 19.0 Å². The number of halogens is 3. The van der Waals surface area contributed by atoms with E-state index in [1.54, 1.807) is 0 Å². The molecule has 1 aliphatic rings. The number of rotatable bonds is 5. The zero-order valence-corrected chi connectivity index (χ0v) is 13.8. The van der Waals surface area contributed by atoms with Crippen LogP contribution in [0.1, 0.15) is 16.2 Å². The average Bonchev–Trinajstić information content (AvgIpc) is 3.01. The van der Waals surface area contributed by atoms with Crippen LogP contribution >= 0.6 is 0 Å². The molecule has 0 unspecified atom stereocenters. The summed E-state index contributed by atoms with van der Waals surface area (Å²) >= 11 is 0. The number of carbonyl (C=O) groups excluding carboxylic acids is 1. The third kappa shape index (κ3) is 4.19. The fourth-order valence-corrected chi connectivity index (χ4v) is 3.46. The molecule has 1 aromatic heterocycles. The minimum absolute atomic E-state index is 0.0155. The second kappa shape index (κ2) is 6.68. The lowest BCUT2D eigenvalue weighted by atomic mass is 10.1. The lowest BCUT2D eigenvalue weighted by Gasteiger charge is -2.25. The monoisotopic (exact) mass is 391 g/mol. The van der Waals surface area contributed by atoms with E-state index in [9.17, 15) is 26.4 Å². The Morgan fingerprint density at radius 1 is 1.23 bits per heavy atom. The lowest BCUT2D eigenvalue weighted by molar-refractivity contribution is -0.159. The molecule has 1 aliphatic heterocycles. The maximum Gasteiger partial charge on any atom is 0.471 e. The molecule has 12 heteroatoms. The molecule has 1 amide bonds. The van der Waals surface area contributed by atoms with Crippen molar-refractivity contribution in [2.75, 3.05) is 19.0 Å². The van der Waals surface area contributed by atoms with Crippen LogP contribution in [0.15, 0.2) is 28.8 Å². The molecule has 26 heavy (non-hydrogen) atoms. The van der Waals surface area contributed by atoms with Gasteiger partial charge >= 0.3 is 12.1 Å². The molecule has 2 heterocycles. The van der Waals surface area contributed by atoms with E-state index in [-0.39, 0.29) is 28.6 Å². The fraction of sp³-hybridized carbons (Fsp3) is 0.357. The van der Waals surface area contributed by atoms with Gasteiger partial charge in [-0.1, -0.05) is 17.3 Å². The van der Waals surface area contributed by atoms with Crippen molar-refractivity contribution in [1.29, 1.82) is 0 Å². The number of hydrogen-bond acceptors (Lipinski definition) is 7. The van der Waals surface area contributed by atoms with Gasteiger partial charge in [0.2, 0.25) is 15.8 Å². The standard InChI is InChI=1S/C14H12F3N3O5S/c15-14(16,17)13-18-11(19-25-13)9-1-3-10(4-2-9)12(21)20-26(22,23)7-8-5-24-6-8/h1-4,8H,5-7H2,(H,20,21). The molecular weight excluding hydrogens is 379 g/mol. The molecular formula is C14H12F3N3O5S. The first kappa shape index (κ1) is 18.3. The summed E-state index contributed by atoms with van der Waals surface area (Å²) in [5, 5.41) is 3.22. The van der Waals surface area contributed by atoms with Crippen molar-refractivity contribution >= 4 is 15.9 Å². The van der Waals surface area contributed by atoms with E-state index in [4.69, 9.17) is 4.74 Å². The van der Waals surface area contributed by atoms with Gasteiger partial charge in [-0.2, -0.15) is 18.2 Å². The van der Waals surface area contributed by atoms with Gasteiger partial charge in [-0.05, 0) is 12.1 Å². The molecule has 0 bridgehead atoms. The van der Waals surface area contributed by atoms with Crippen molar-refractivity contribution in [2.24, 2.45) is 5.92 Å². The topological polar surface area (TPSA) is 111 Å². The number of alkyl halides is 3. The normalized spacial score (nSPS) is 15.5. The van der Waals surface area contributed by atoms with Gasteiger partial charge in [0, 0.05) is 17.0 Å². The van der Waals surface area contributed by atoms with Gasteiger partial charge in [-0.15, -0.1) is 0 Å². The maximum atomic E-state index is 12.5. The number of ether oxygens (including phenoxy) is 1. The molecule has 0 atom stereocenters. The third-order valence-electron chi connectivity index (χ3n) is 3.48. The zero-order chi connectivity index (χ0) is 18.9. The van der Waals surface area contributed by atoms with E-state index in [0.29, 0.717) is 13.2 Å². The Morgan fingerprint density at radius 2 is 1.88 bits per heavy atom. The molecule has 0 saturated carbocycles. The van der Waals surface area contributed by atoms with Gasteiger partial charge in [0.15, 0.2) is 0 Å². The molecule has 0 spiro atoms. The minimum Gasteiger partial charge on any atom is -0.381 e. The molecule has 0 radical (unpaired) electrons. The van der Waals surface area contributed by atoms with Gasteiger partial charge in [-0.25, -0.2) is 13.1 Å². The Morgan fingerprint density at radius 3 is 2.38 bits per heavy atom. The highest BCUT2D eigenvalue weighted by molar-refractivity contribution is 7.90. The van der Waals surface area contributed by atoms with E-state index in [2.05, 4.69) is 14.7 Å². The van der Waals surface area contributed by atoms with Gasteiger partial charge in [0.1, 0.15) is 0 Å². The molecule has 140 valence electrons. The Bertz CT molecular complexity index is 905. The van der Waals surface area contributed by atoms with Gasteiger partial charge in [-0.3, -0.25) is 4.79 Å². The van der Waals surface area contributed by atoms with Crippen molar-refractivity contribution in [1.82, 2.24) is 14.9 Å². The van der Waals surface area contributed by atoms with E-state index in [1.165, 1.54) is 24.3 Å². The molecule has 1 fully saturated rings. The number of nitrogens with zero attached hydrogens (tertiary/aromatic N) is 2. The van der Waals surface area contributed by atoms with Crippen molar-refractivity contribution in [3.8, 4) is 11.4 Å². The summed E-state index contributed by atoms with van der Waals surface area (Å²) in [6, 6.07) is 5.06. The van der Waals surface area contributed by atoms with Crippen LogP contribution in [0.4, 0.5) is 13.2 Å². The van der Waals surface area contributed by atoms with E-state index >= 15 is 0 Å². The molecule has 8 nitrogen and oxygen atoms in total. The van der Waals surface area contributed by atoms with Crippen LogP contribution in [0.5, 0.6) is 0 Å².